The van der Waals surface area contributed by atoms with Crippen LogP contribution in [0.15, 0.2) is 40.9 Å². The van der Waals surface area contributed by atoms with E-state index in [2.05, 4.69) is 71.5 Å². The molecule has 2 aromatic carbocycles. The van der Waals surface area contributed by atoms with Crippen LogP contribution in [0, 0.1) is 13.8 Å². The highest BCUT2D eigenvalue weighted by molar-refractivity contribution is 9.10. The fourth-order valence-electron chi connectivity index (χ4n) is 2.23. The molecule has 21 heavy (non-hydrogen) atoms. The molecule has 0 saturated heterocycles. The summed E-state index contributed by atoms with van der Waals surface area (Å²) in [5, 5.41) is 3.16. The maximum atomic E-state index is 5.90. The highest BCUT2D eigenvalue weighted by Gasteiger charge is 2.03. The van der Waals surface area contributed by atoms with Crippen LogP contribution in [0.25, 0.3) is 0 Å². The second-order valence-electron chi connectivity index (χ2n) is 5.33. The maximum absolute atomic E-state index is 5.90. The molecule has 0 aliphatic carbocycles. The van der Waals surface area contributed by atoms with Crippen LogP contribution in [0.1, 0.15) is 22.3 Å². The van der Waals surface area contributed by atoms with Crippen LogP contribution in [-0.2, 0) is 13.0 Å². The minimum atomic E-state index is 0.604. The zero-order valence-corrected chi connectivity index (χ0v) is 14.5. The van der Waals surface area contributed by atoms with Crippen molar-refractivity contribution in [1.29, 1.82) is 0 Å². The van der Waals surface area contributed by atoms with Crippen molar-refractivity contribution in [2.24, 2.45) is 0 Å². The van der Waals surface area contributed by atoms with Gasteiger partial charge in [0, 0.05) is 4.47 Å². The Balaban J connectivity index is 1.96. The molecule has 0 heterocycles. The van der Waals surface area contributed by atoms with E-state index in [-0.39, 0.29) is 0 Å². The third-order valence-electron chi connectivity index (χ3n) is 3.50. The third-order valence-corrected chi connectivity index (χ3v) is 4.75. The zero-order valence-electron chi connectivity index (χ0n) is 12.9. The van der Waals surface area contributed by atoms with Crippen molar-refractivity contribution in [3.63, 3.8) is 0 Å². The van der Waals surface area contributed by atoms with E-state index < -0.39 is 0 Å². The lowest BCUT2D eigenvalue weighted by molar-refractivity contribution is 0.305. The number of hydrogen-bond donors (Lipinski definition) is 1. The molecule has 0 aliphatic rings. The standard InChI is InChI=1S/C18H22BrNO/c1-13-10-17(11-14(2)18(13)19)21-12-16-6-4-15(5-7-16)8-9-20-3/h4-7,10-11,20H,8-9,12H2,1-3H3. The summed E-state index contributed by atoms with van der Waals surface area (Å²) in [5.74, 6) is 0.924. The van der Waals surface area contributed by atoms with Crippen molar-refractivity contribution in [3.8, 4) is 5.75 Å². The Morgan fingerprint density at radius 3 is 2.14 bits per heavy atom. The summed E-state index contributed by atoms with van der Waals surface area (Å²) in [6.45, 7) is 5.78. The van der Waals surface area contributed by atoms with Gasteiger partial charge < -0.3 is 10.1 Å². The van der Waals surface area contributed by atoms with Crippen LogP contribution in [0.2, 0.25) is 0 Å². The molecule has 0 unspecified atom stereocenters. The van der Waals surface area contributed by atoms with Gasteiger partial charge in [0.1, 0.15) is 12.4 Å². The number of aryl methyl sites for hydroxylation is 2. The molecular formula is C18H22BrNO. The van der Waals surface area contributed by atoms with Crippen LogP contribution < -0.4 is 10.1 Å². The molecular weight excluding hydrogens is 326 g/mol. The minimum Gasteiger partial charge on any atom is -0.489 e. The van der Waals surface area contributed by atoms with Gasteiger partial charge in [0.05, 0.1) is 0 Å². The Hall–Kier alpha value is -1.32. The average Bonchev–Trinajstić information content (AvgIpc) is 2.49. The molecule has 0 radical (unpaired) electrons. The Morgan fingerprint density at radius 2 is 1.57 bits per heavy atom. The molecule has 0 atom stereocenters. The van der Waals surface area contributed by atoms with Crippen LogP contribution in [0.3, 0.4) is 0 Å². The number of benzene rings is 2. The Labute approximate surface area is 135 Å². The first-order chi connectivity index (χ1) is 10.1. The number of ether oxygens (including phenoxy) is 1. The molecule has 0 aromatic heterocycles. The van der Waals surface area contributed by atoms with E-state index in [1.165, 1.54) is 22.3 Å². The molecule has 0 bridgehead atoms. The van der Waals surface area contributed by atoms with E-state index in [9.17, 15) is 0 Å². The van der Waals surface area contributed by atoms with Gasteiger partial charge in [-0.1, -0.05) is 40.2 Å². The summed E-state index contributed by atoms with van der Waals surface area (Å²) in [7, 11) is 1.98. The summed E-state index contributed by atoms with van der Waals surface area (Å²) in [5.41, 5.74) is 4.95. The average molecular weight is 348 g/mol. The quantitative estimate of drug-likeness (QED) is 0.835. The second-order valence-corrected chi connectivity index (χ2v) is 6.12. The van der Waals surface area contributed by atoms with Crippen LogP contribution in [-0.4, -0.2) is 13.6 Å². The SMILES string of the molecule is CNCCc1ccc(COc2cc(C)c(Br)c(C)c2)cc1. The molecule has 0 fully saturated rings. The predicted octanol–water partition coefficient (Wildman–Crippen LogP) is 4.41. The molecule has 0 spiro atoms. The lowest BCUT2D eigenvalue weighted by Gasteiger charge is -2.10. The number of rotatable bonds is 6. The first-order valence-corrected chi connectivity index (χ1v) is 8.01. The first-order valence-electron chi connectivity index (χ1n) is 7.22. The number of halogens is 1. The van der Waals surface area contributed by atoms with Crippen molar-refractivity contribution in [2.45, 2.75) is 26.9 Å². The van der Waals surface area contributed by atoms with Gasteiger partial charge in [0.15, 0.2) is 0 Å². The molecule has 112 valence electrons. The monoisotopic (exact) mass is 347 g/mol. The van der Waals surface area contributed by atoms with E-state index >= 15 is 0 Å². The molecule has 2 aromatic rings. The number of nitrogens with one attached hydrogen (secondary N) is 1. The van der Waals surface area contributed by atoms with Crippen molar-refractivity contribution in [2.75, 3.05) is 13.6 Å². The van der Waals surface area contributed by atoms with Gasteiger partial charge in [-0.2, -0.15) is 0 Å². The van der Waals surface area contributed by atoms with Crippen LogP contribution in [0.5, 0.6) is 5.75 Å². The largest absolute Gasteiger partial charge is 0.489 e. The van der Waals surface area contributed by atoms with Crippen molar-refractivity contribution < 1.29 is 4.74 Å². The first kappa shape index (κ1) is 16.1. The summed E-state index contributed by atoms with van der Waals surface area (Å²) >= 11 is 3.58. The highest BCUT2D eigenvalue weighted by Crippen LogP contribution is 2.26. The van der Waals surface area contributed by atoms with Gasteiger partial charge >= 0.3 is 0 Å². The fourth-order valence-corrected chi connectivity index (χ4v) is 2.46. The minimum absolute atomic E-state index is 0.604. The lowest BCUT2D eigenvalue weighted by atomic mass is 10.1. The number of likely N-dealkylation sites (N-methyl/N-ethyl adjacent to an activating group) is 1. The lowest BCUT2D eigenvalue weighted by Crippen LogP contribution is -2.10. The maximum Gasteiger partial charge on any atom is 0.120 e. The van der Waals surface area contributed by atoms with Crippen molar-refractivity contribution >= 4 is 15.9 Å². The van der Waals surface area contributed by atoms with E-state index in [0.717, 1.165) is 23.2 Å². The van der Waals surface area contributed by atoms with Gasteiger partial charge in [-0.3, -0.25) is 0 Å². The molecule has 3 heteroatoms. The Morgan fingerprint density at radius 1 is 1.00 bits per heavy atom. The molecule has 2 nitrogen and oxygen atoms in total. The summed E-state index contributed by atoms with van der Waals surface area (Å²) in [6, 6.07) is 12.8. The molecule has 1 N–H and O–H groups in total. The normalized spacial score (nSPS) is 10.7. The van der Waals surface area contributed by atoms with Gasteiger partial charge in [-0.05, 0) is 68.2 Å². The van der Waals surface area contributed by atoms with E-state index in [1.807, 2.05) is 7.05 Å². The Bertz CT molecular complexity index is 570. The van der Waals surface area contributed by atoms with Gasteiger partial charge in [-0.15, -0.1) is 0 Å². The highest BCUT2D eigenvalue weighted by atomic mass is 79.9. The number of hydrogen-bond acceptors (Lipinski definition) is 2. The fraction of sp³-hybridized carbons (Fsp3) is 0.333. The molecule has 0 amide bonds. The van der Waals surface area contributed by atoms with Crippen molar-refractivity contribution in [1.82, 2.24) is 5.32 Å². The molecule has 0 saturated carbocycles. The molecule has 0 aliphatic heterocycles. The van der Waals surface area contributed by atoms with E-state index in [4.69, 9.17) is 4.74 Å². The predicted molar refractivity (Wildman–Crippen MR) is 92.0 cm³/mol. The third kappa shape index (κ3) is 4.58. The Kier molecular flexibility index (Phi) is 5.83. The topological polar surface area (TPSA) is 21.3 Å². The van der Waals surface area contributed by atoms with Crippen molar-refractivity contribution in [3.05, 3.63) is 63.1 Å². The summed E-state index contributed by atoms with van der Waals surface area (Å²) in [4.78, 5) is 0. The van der Waals surface area contributed by atoms with Gasteiger partial charge in [-0.25, -0.2) is 0 Å². The van der Waals surface area contributed by atoms with E-state index in [0.29, 0.717) is 6.61 Å². The summed E-state index contributed by atoms with van der Waals surface area (Å²) < 4.78 is 7.05. The summed E-state index contributed by atoms with van der Waals surface area (Å²) in [6.07, 6.45) is 1.06. The van der Waals surface area contributed by atoms with Gasteiger partial charge in [0.2, 0.25) is 0 Å². The molecule has 2 rings (SSSR count). The van der Waals surface area contributed by atoms with Gasteiger partial charge in [0.25, 0.3) is 0 Å². The van der Waals surface area contributed by atoms with Crippen LogP contribution in [0.4, 0.5) is 0 Å². The zero-order chi connectivity index (χ0) is 15.2. The second kappa shape index (κ2) is 7.62. The van der Waals surface area contributed by atoms with E-state index in [1.54, 1.807) is 0 Å². The smallest absolute Gasteiger partial charge is 0.120 e. The van der Waals surface area contributed by atoms with Crippen LogP contribution >= 0.6 is 15.9 Å².